The maximum atomic E-state index is 12.0. The van der Waals surface area contributed by atoms with Gasteiger partial charge in [-0.3, -0.25) is 4.79 Å². The predicted molar refractivity (Wildman–Crippen MR) is 79.4 cm³/mol. The predicted octanol–water partition coefficient (Wildman–Crippen LogP) is 2.58. The van der Waals surface area contributed by atoms with Crippen LogP contribution in [0.3, 0.4) is 0 Å². The van der Waals surface area contributed by atoms with Crippen LogP contribution in [0.1, 0.15) is 26.7 Å². The smallest absolute Gasteiger partial charge is 0.316 e. The monoisotopic (exact) mass is 339 g/mol. The number of likely N-dealkylation sites (tertiary alicyclic amines) is 1. The Bertz CT molecular complexity index is 498. The summed E-state index contributed by atoms with van der Waals surface area (Å²) in [6.45, 7) is 5.21. The van der Waals surface area contributed by atoms with Crippen molar-refractivity contribution in [2.24, 2.45) is 0 Å². The number of nitrogens with zero attached hydrogens (tertiary/aromatic N) is 3. The summed E-state index contributed by atoms with van der Waals surface area (Å²) in [6.07, 6.45) is 6.77. The minimum atomic E-state index is -0.0422. The number of hydrogen-bond acceptors (Lipinski definition) is 4. The van der Waals surface area contributed by atoms with E-state index in [0.29, 0.717) is 12.6 Å². The van der Waals surface area contributed by atoms with Crippen LogP contribution in [0.5, 0.6) is 6.01 Å². The highest BCUT2D eigenvalue weighted by atomic mass is 79.9. The number of piperidine rings is 1. The topological polar surface area (TPSA) is 55.3 Å². The number of carbonyl (C=O) groups excluding carboxylic acids is 1. The lowest BCUT2D eigenvalue weighted by molar-refractivity contribution is -0.128. The average molecular weight is 340 g/mol. The molecule has 0 aliphatic carbocycles. The molecule has 1 amide bonds. The third kappa shape index (κ3) is 4.30. The van der Waals surface area contributed by atoms with Gasteiger partial charge in [-0.25, -0.2) is 9.97 Å². The molecule has 1 aromatic heterocycles. The van der Waals surface area contributed by atoms with E-state index in [0.717, 1.165) is 29.4 Å². The Morgan fingerprint density at radius 1 is 1.45 bits per heavy atom. The first-order chi connectivity index (χ1) is 9.54. The zero-order valence-corrected chi connectivity index (χ0v) is 13.3. The molecule has 0 spiro atoms. The minimum Gasteiger partial charge on any atom is -0.458 e. The quantitative estimate of drug-likeness (QED) is 0.794. The molecule has 1 aliphatic heterocycles. The van der Waals surface area contributed by atoms with Gasteiger partial charge in [0.2, 0.25) is 5.91 Å². The number of ether oxygens (including phenoxy) is 1. The molecule has 108 valence electrons. The summed E-state index contributed by atoms with van der Waals surface area (Å²) in [7, 11) is 0. The molecular formula is C14H18BrN3O2. The summed E-state index contributed by atoms with van der Waals surface area (Å²) in [6, 6.07) is 0.356. The fourth-order valence-electron chi connectivity index (χ4n) is 2.08. The van der Waals surface area contributed by atoms with E-state index in [1.165, 1.54) is 0 Å². The van der Waals surface area contributed by atoms with Crippen molar-refractivity contribution < 1.29 is 9.53 Å². The van der Waals surface area contributed by atoms with Crippen molar-refractivity contribution >= 4 is 21.8 Å². The van der Waals surface area contributed by atoms with Crippen molar-refractivity contribution in [1.29, 1.82) is 0 Å². The van der Waals surface area contributed by atoms with Crippen molar-refractivity contribution in [3.05, 3.63) is 28.5 Å². The Morgan fingerprint density at radius 2 is 2.15 bits per heavy atom. The standard InChI is InChI=1S/C14H18BrN3O2/c1-10(2)6-13(19)18-5-3-4-12(9-18)20-14-16-7-11(15)8-17-14/h6-8,12H,3-5,9H2,1-2H3/t12-/m1/s1. The molecule has 0 saturated carbocycles. The average Bonchev–Trinajstić information content (AvgIpc) is 2.41. The van der Waals surface area contributed by atoms with Crippen molar-refractivity contribution in [1.82, 2.24) is 14.9 Å². The summed E-state index contributed by atoms with van der Waals surface area (Å²) >= 11 is 3.28. The summed E-state index contributed by atoms with van der Waals surface area (Å²) < 4.78 is 6.55. The molecule has 1 saturated heterocycles. The number of hydrogen-bond donors (Lipinski definition) is 0. The molecule has 1 atom stereocenters. The lowest BCUT2D eigenvalue weighted by atomic mass is 10.1. The maximum Gasteiger partial charge on any atom is 0.316 e. The Balaban J connectivity index is 1.95. The minimum absolute atomic E-state index is 0.0422. The third-order valence-electron chi connectivity index (χ3n) is 2.97. The molecular weight excluding hydrogens is 322 g/mol. The van der Waals surface area contributed by atoms with Gasteiger partial charge in [-0.2, -0.15) is 0 Å². The van der Waals surface area contributed by atoms with Crippen LogP contribution in [-0.2, 0) is 4.79 Å². The van der Waals surface area contributed by atoms with Crippen LogP contribution in [0.15, 0.2) is 28.5 Å². The van der Waals surface area contributed by atoms with Crippen LogP contribution in [0.4, 0.5) is 0 Å². The van der Waals surface area contributed by atoms with E-state index in [9.17, 15) is 4.79 Å². The molecule has 1 fully saturated rings. The fraction of sp³-hybridized carbons (Fsp3) is 0.500. The van der Waals surface area contributed by atoms with Gasteiger partial charge in [0.05, 0.1) is 11.0 Å². The van der Waals surface area contributed by atoms with Gasteiger partial charge in [-0.1, -0.05) is 5.57 Å². The molecule has 1 aliphatic rings. The Hall–Kier alpha value is -1.43. The van der Waals surface area contributed by atoms with Gasteiger partial charge < -0.3 is 9.64 Å². The van der Waals surface area contributed by atoms with Crippen LogP contribution < -0.4 is 4.74 Å². The van der Waals surface area contributed by atoms with Crippen LogP contribution in [0, 0.1) is 0 Å². The van der Waals surface area contributed by atoms with Gasteiger partial charge in [0.15, 0.2) is 0 Å². The summed E-state index contributed by atoms with van der Waals surface area (Å²) in [5.41, 5.74) is 1.01. The van der Waals surface area contributed by atoms with E-state index in [1.54, 1.807) is 18.5 Å². The van der Waals surface area contributed by atoms with Gasteiger partial charge in [0.1, 0.15) is 6.10 Å². The lowest BCUT2D eigenvalue weighted by Crippen LogP contribution is -2.44. The van der Waals surface area contributed by atoms with Crippen molar-refractivity contribution in [2.45, 2.75) is 32.8 Å². The first-order valence-electron chi connectivity index (χ1n) is 6.62. The number of halogens is 1. The molecule has 0 aromatic carbocycles. The highest BCUT2D eigenvalue weighted by Gasteiger charge is 2.24. The molecule has 5 nitrogen and oxygen atoms in total. The van der Waals surface area contributed by atoms with E-state index in [-0.39, 0.29) is 12.0 Å². The van der Waals surface area contributed by atoms with Crippen LogP contribution in [0.25, 0.3) is 0 Å². The first-order valence-corrected chi connectivity index (χ1v) is 7.42. The second kappa shape index (κ2) is 6.83. The van der Waals surface area contributed by atoms with E-state index in [2.05, 4.69) is 25.9 Å². The first kappa shape index (κ1) is 15.0. The summed E-state index contributed by atoms with van der Waals surface area (Å²) in [4.78, 5) is 22.0. The lowest BCUT2D eigenvalue weighted by Gasteiger charge is -2.31. The van der Waals surface area contributed by atoms with E-state index < -0.39 is 0 Å². The second-order valence-corrected chi connectivity index (χ2v) is 5.99. The molecule has 0 radical (unpaired) electrons. The Morgan fingerprint density at radius 3 is 2.80 bits per heavy atom. The zero-order valence-electron chi connectivity index (χ0n) is 11.7. The molecule has 0 unspecified atom stereocenters. The third-order valence-corrected chi connectivity index (χ3v) is 3.38. The number of allylic oxidation sites excluding steroid dienone is 1. The molecule has 0 bridgehead atoms. The molecule has 20 heavy (non-hydrogen) atoms. The highest BCUT2D eigenvalue weighted by Crippen LogP contribution is 2.17. The Labute approximate surface area is 127 Å². The second-order valence-electron chi connectivity index (χ2n) is 5.07. The van der Waals surface area contributed by atoms with E-state index in [1.807, 2.05) is 18.7 Å². The summed E-state index contributed by atoms with van der Waals surface area (Å²) in [5.74, 6) is 0.0509. The SMILES string of the molecule is CC(C)=CC(=O)N1CCC[C@@H](Oc2ncc(Br)cn2)C1. The Kier molecular flexibility index (Phi) is 5.11. The van der Waals surface area contributed by atoms with Crippen LogP contribution in [-0.4, -0.2) is 40.0 Å². The van der Waals surface area contributed by atoms with E-state index in [4.69, 9.17) is 4.74 Å². The van der Waals surface area contributed by atoms with Crippen molar-refractivity contribution in [2.75, 3.05) is 13.1 Å². The number of carbonyl (C=O) groups is 1. The van der Waals surface area contributed by atoms with Gasteiger partial charge in [0.25, 0.3) is 0 Å². The highest BCUT2D eigenvalue weighted by molar-refractivity contribution is 9.10. The van der Waals surface area contributed by atoms with Crippen molar-refractivity contribution in [3.63, 3.8) is 0 Å². The van der Waals surface area contributed by atoms with Gasteiger partial charge in [-0.15, -0.1) is 0 Å². The molecule has 2 rings (SSSR count). The molecule has 0 N–H and O–H groups in total. The summed E-state index contributed by atoms with van der Waals surface area (Å²) in [5, 5.41) is 0. The van der Waals surface area contributed by atoms with Crippen LogP contribution in [0.2, 0.25) is 0 Å². The zero-order chi connectivity index (χ0) is 14.5. The van der Waals surface area contributed by atoms with E-state index >= 15 is 0 Å². The number of amides is 1. The normalized spacial score (nSPS) is 18.6. The fourth-order valence-corrected chi connectivity index (χ4v) is 2.29. The van der Waals surface area contributed by atoms with Gasteiger partial charge in [-0.05, 0) is 42.6 Å². The van der Waals surface area contributed by atoms with Crippen molar-refractivity contribution in [3.8, 4) is 6.01 Å². The van der Waals surface area contributed by atoms with Gasteiger partial charge >= 0.3 is 6.01 Å². The molecule has 1 aromatic rings. The van der Waals surface area contributed by atoms with Gasteiger partial charge in [0, 0.05) is 25.0 Å². The maximum absolute atomic E-state index is 12.0. The van der Waals surface area contributed by atoms with Crippen LogP contribution >= 0.6 is 15.9 Å². The number of aromatic nitrogens is 2. The molecule has 6 heteroatoms. The molecule has 2 heterocycles. The number of rotatable bonds is 3. The largest absolute Gasteiger partial charge is 0.458 e.